The third-order valence-corrected chi connectivity index (χ3v) is 4.61. The molecule has 0 spiro atoms. The van der Waals surface area contributed by atoms with Crippen molar-refractivity contribution in [2.75, 3.05) is 6.54 Å². The zero-order valence-electron chi connectivity index (χ0n) is 14.2. The van der Waals surface area contributed by atoms with Crippen molar-refractivity contribution < 1.29 is 4.74 Å². The van der Waals surface area contributed by atoms with Crippen LogP contribution in [0, 0.1) is 0 Å². The first-order chi connectivity index (χ1) is 11.7. The fraction of sp³-hybridized carbons (Fsp3) is 0.350. The molecule has 1 aliphatic heterocycles. The predicted molar refractivity (Wildman–Crippen MR) is 96.3 cm³/mol. The quantitative estimate of drug-likeness (QED) is 0.793. The highest BCUT2D eigenvalue weighted by Gasteiger charge is 2.13. The number of hydrogen-bond acceptors (Lipinski definition) is 3. The van der Waals surface area contributed by atoms with Crippen molar-refractivity contribution in [2.24, 2.45) is 0 Å². The van der Waals surface area contributed by atoms with Gasteiger partial charge >= 0.3 is 0 Å². The molecule has 0 fully saturated rings. The van der Waals surface area contributed by atoms with Gasteiger partial charge in [-0.1, -0.05) is 18.2 Å². The van der Waals surface area contributed by atoms with Crippen LogP contribution in [-0.2, 0) is 19.6 Å². The number of benzene rings is 2. The molecule has 124 valence electrons. The van der Waals surface area contributed by atoms with Gasteiger partial charge in [-0.25, -0.2) is 0 Å². The molecule has 0 bridgehead atoms. The van der Waals surface area contributed by atoms with Crippen LogP contribution in [0.1, 0.15) is 36.6 Å². The number of aromatic nitrogens is 2. The van der Waals surface area contributed by atoms with E-state index in [1.54, 1.807) is 0 Å². The van der Waals surface area contributed by atoms with E-state index in [0.717, 1.165) is 30.8 Å². The lowest BCUT2D eigenvalue weighted by molar-refractivity contribution is 0.301. The smallest absolute Gasteiger partial charge is 0.123 e. The molecular formula is C20H23N3O. The molecule has 4 nitrogen and oxygen atoms in total. The molecule has 0 atom stereocenters. The van der Waals surface area contributed by atoms with Crippen LogP contribution >= 0.6 is 0 Å². The van der Waals surface area contributed by atoms with E-state index in [1.165, 1.54) is 22.1 Å². The van der Waals surface area contributed by atoms with Crippen LogP contribution in [0.4, 0.5) is 0 Å². The highest BCUT2D eigenvalue weighted by atomic mass is 16.5. The summed E-state index contributed by atoms with van der Waals surface area (Å²) in [5.74, 6) is 1.02. The standard InChI is InChI=1S/C20H23N3O/c1-14(2)23-12-17-10-15(6-7-19(17)22-23)13-24-20-5-3-4-16-11-21-9-8-18(16)20/h3-7,10,12,14,21H,8-9,11,13H2,1-2H3. The Labute approximate surface area is 142 Å². The second-order valence-corrected chi connectivity index (χ2v) is 6.71. The van der Waals surface area contributed by atoms with Crippen molar-refractivity contribution in [1.29, 1.82) is 0 Å². The van der Waals surface area contributed by atoms with Gasteiger partial charge in [-0.3, -0.25) is 4.68 Å². The Morgan fingerprint density at radius 2 is 2.17 bits per heavy atom. The molecule has 0 amide bonds. The normalized spacial score (nSPS) is 14.1. The minimum absolute atomic E-state index is 0.376. The monoisotopic (exact) mass is 321 g/mol. The second-order valence-electron chi connectivity index (χ2n) is 6.71. The molecule has 0 aliphatic carbocycles. The van der Waals surface area contributed by atoms with Crippen LogP contribution in [0.25, 0.3) is 10.9 Å². The number of fused-ring (bicyclic) bond motifs is 2. The van der Waals surface area contributed by atoms with Gasteiger partial charge in [-0.2, -0.15) is 5.10 Å². The van der Waals surface area contributed by atoms with Gasteiger partial charge in [0.25, 0.3) is 0 Å². The van der Waals surface area contributed by atoms with E-state index in [-0.39, 0.29) is 0 Å². The summed E-state index contributed by atoms with van der Waals surface area (Å²) in [4.78, 5) is 0. The van der Waals surface area contributed by atoms with E-state index in [2.05, 4.69) is 66.9 Å². The molecule has 2 aromatic carbocycles. The highest BCUT2D eigenvalue weighted by molar-refractivity contribution is 5.78. The summed E-state index contributed by atoms with van der Waals surface area (Å²) in [7, 11) is 0. The summed E-state index contributed by atoms with van der Waals surface area (Å²) in [6.45, 7) is 6.83. The lowest BCUT2D eigenvalue weighted by Crippen LogP contribution is -2.24. The molecule has 0 saturated heterocycles. The Morgan fingerprint density at radius 1 is 1.25 bits per heavy atom. The summed E-state index contributed by atoms with van der Waals surface area (Å²) in [6.07, 6.45) is 3.14. The maximum atomic E-state index is 6.14. The summed E-state index contributed by atoms with van der Waals surface area (Å²) < 4.78 is 8.15. The number of nitrogens with zero attached hydrogens (tertiary/aromatic N) is 2. The van der Waals surface area contributed by atoms with Crippen LogP contribution < -0.4 is 10.1 Å². The molecular weight excluding hydrogens is 298 g/mol. The van der Waals surface area contributed by atoms with Crippen LogP contribution in [0.15, 0.2) is 42.6 Å². The van der Waals surface area contributed by atoms with Crippen LogP contribution in [-0.4, -0.2) is 16.3 Å². The fourth-order valence-electron chi connectivity index (χ4n) is 3.24. The lowest BCUT2D eigenvalue weighted by Gasteiger charge is -2.20. The van der Waals surface area contributed by atoms with E-state index in [9.17, 15) is 0 Å². The summed E-state index contributed by atoms with van der Waals surface area (Å²) in [6, 6.07) is 13.1. The van der Waals surface area contributed by atoms with E-state index < -0.39 is 0 Å². The minimum Gasteiger partial charge on any atom is -0.489 e. The predicted octanol–water partition coefficient (Wildman–Crippen LogP) is 3.84. The second kappa shape index (κ2) is 6.29. The minimum atomic E-state index is 0.376. The molecule has 1 N–H and O–H groups in total. The topological polar surface area (TPSA) is 39.1 Å². The Kier molecular flexibility index (Phi) is 3.98. The molecule has 4 rings (SSSR count). The summed E-state index contributed by atoms with van der Waals surface area (Å²) in [5, 5.41) is 9.18. The van der Waals surface area contributed by atoms with Crippen molar-refractivity contribution in [3.05, 3.63) is 59.3 Å². The first kappa shape index (κ1) is 15.2. The third kappa shape index (κ3) is 2.89. The molecule has 24 heavy (non-hydrogen) atoms. The Bertz CT molecular complexity index is 866. The fourth-order valence-corrected chi connectivity index (χ4v) is 3.24. The van der Waals surface area contributed by atoms with Gasteiger partial charge in [0.15, 0.2) is 0 Å². The zero-order chi connectivity index (χ0) is 16.5. The maximum absolute atomic E-state index is 6.14. The van der Waals surface area contributed by atoms with Crippen molar-refractivity contribution in [3.63, 3.8) is 0 Å². The first-order valence-corrected chi connectivity index (χ1v) is 8.63. The maximum Gasteiger partial charge on any atom is 0.123 e. The summed E-state index contributed by atoms with van der Waals surface area (Å²) >= 11 is 0. The molecule has 0 unspecified atom stereocenters. The molecule has 2 heterocycles. The first-order valence-electron chi connectivity index (χ1n) is 8.63. The average molecular weight is 321 g/mol. The van der Waals surface area contributed by atoms with Crippen molar-refractivity contribution in [3.8, 4) is 5.75 Å². The van der Waals surface area contributed by atoms with E-state index in [4.69, 9.17) is 4.74 Å². The molecule has 1 aliphatic rings. The number of hydrogen-bond donors (Lipinski definition) is 1. The third-order valence-electron chi connectivity index (χ3n) is 4.61. The Balaban J connectivity index is 1.55. The van der Waals surface area contributed by atoms with E-state index in [0.29, 0.717) is 12.6 Å². The number of nitrogens with one attached hydrogen (secondary N) is 1. The van der Waals surface area contributed by atoms with Gasteiger partial charge in [-0.15, -0.1) is 0 Å². The zero-order valence-corrected chi connectivity index (χ0v) is 14.2. The SMILES string of the molecule is CC(C)n1cc2cc(COc3cccc4c3CCNC4)ccc2n1. The lowest BCUT2D eigenvalue weighted by atomic mass is 10.0. The van der Waals surface area contributed by atoms with E-state index in [1.807, 2.05) is 4.68 Å². The van der Waals surface area contributed by atoms with Crippen molar-refractivity contribution in [2.45, 2.75) is 39.5 Å². The Morgan fingerprint density at radius 3 is 3.04 bits per heavy atom. The van der Waals surface area contributed by atoms with Crippen LogP contribution in [0.5, 0.6) is 5.75 Å². The van der Waals surface area contributed by atoms with Gasteiger partial charge < -0.3 is 10.1 Å². The molecule has 3 aromatic rings. The van der Waals surface area contributed by atoms with Crippen LogP contribution in [0.2, 0.25) is 0 Å². The molecule has 4 heteroatoms. The molecule has 1 aromatic heterocycles. The van der Waals surface area contributed by atoms with Crippen molar-refractivity contribution in [1.82, 2.24) is 15.1 Å². The van der Waals surface area contributed by atoms with Gasteiger partial charge in [0.05, 0.1) is 5.52 Å². The Hall–Kier alpha value is -2.33. The largest absolute Gasteiger partial charge is 0.489 e. The average Bonchev–Trinajstić information content (AvgIpc) is 3.03. The highest BCUT2D eigenvalue weighted by Crippen LogP contribution is 2.26. The van der Waals surface area contributed by atoms with Gasteiger partial charge in [-0.05, 0) is 61.7 Å². The van der Waals surface area contributed by atoms with Gasteiger partial charge in [0, 0.05) is 24.2 Å². The van der Waals surface area contributed by atoms with Gasteiger partial charge in [0.1, 0.15) is 12.4 Å². The number of rotatable bonds is 4. The number of ether oxygens (including phenoxy) is 1. The van der Waals surface area contributed by atoms with Crippen LogP contribution in [0.3, 0.4) is 0 Å². The molecule has 0 saturated carbocycles. The van der Waals surface area contributed by atoms with E-state index >= 15 is 0 Å². The molecule has 0 radical (unpaired) electrons. The van der Waals surface area contributed by atoms with Gasteiger partial charge in [0.2, 0.25) is 0 Å². The van der Waals surface area contributed by atoms with Crippen molar-refractivity contribution >= 4 is 10.9 Å². The summed E-state index contributed by atoms with van der Waals surface area (Å²) in [5.41, 5.74) is 4.92.